The number of piperazine rings is 1. The summed E-state index contributed by atoms with van der Waals surface area (Å²) in [5, 5.41) is 4.98. The van der Waals surface area contributed by atoms with Gasteiger partial charge in [0.05, 0.1) is 11.3 Å². The summed E-state index contributed by atoms with van der Waals surface area (Å²) in [4.78, 5) is 15.9. The van der Waals surface area contributed by atoms with Crippen LogP contribution in [-0.4, -0.2) is 62.6 Å². The molecular weight excluding hydrogens is 282 g/mol. The Morgan fingerprint density at radius 3 is 2.50 bits per heavy atom. The first-order chi connectivity index (χ1) is 9.35. The predicted octanol–water partition coefficient (Wildman–Crippen LogP) is -0.366. The Hall–Kier alpha value is -1.38. The zero-order valence-corrected chi connectivity index (χ0v) is 12.2. The molecule has 0 aliphatic carbocycles. The normalized spacial score (nSPS) is 17.4. The third-order valence-corrected chi connectivity index (χ3v) is 4.08. The fourth-order valence-electron chi connectivity index (χ4n) is 2.17. The van der Waals surface area contributed by atoms with Gasteiger partial charge >= 0.3 is 0 Å². The number of sulfonamides is 1. The summed E-state index contributed by atoms with van der Waals surface area (Å²) in [7, 11) is -3.43. The molecule has 0 atom stereocenters. The van der Waals surface area contributed by atoms with Crippen LogP contribution in [0.4, 0.5) is 0 Å². The molecule has 1 aliphatic rings. The Bertz CT molecular complexity index is 573. The number of carbonyl (C=O) groups excluding carboxylic acids is 1. The highest BCUT2D eigenvalue weighted by molar-refractivity contribution is 7.89. The molecule has 2 heterocycles. The van der Waals surface area contributed by atoms with E-state index in [1.807, 2.05) is 4.90 Å². The van der Waals surface area contributed by atoms with Gasteiger partial charge < -0.3 is 9.32 Å². The van der Waals surface area contributed by atoms with Crippen molar-refractivity contribution in [2.45, 2.75) is 6.92 Å². The van der Waals surface area contributed by atoms with E-state index in [1.165, 1.54) is 6.26 Å². The number of amides is 1. The average molecular weight is 301 g/mol. The van der Waals surface area contributed by atoms with Gasteiger partial charge in [0, 0.05) is 32.7 Å². The van der Waals surface area contributed by atoms with Gasteiger partial charge in [-0.3, -0.25) is 9.69 Å². The summed E-state index contributed by atoms with van der Waals surface area (Å²) in [6, 6.07) is 1.72. The van der Waals surface area contributed by atoms with E-state index in [-0.39, 0.29) is 11.7 Å². The van der Waals surface area contributed by atoms with Crippen LogP contribution in [0.5, 0.6) is 0 Å². The number of rotatable bonds is 4. The van der Waals surface area contributed by atoms with E-state index in [0.29, 0.717) is 44.0 Å². The monoisotopic (exact) mass is 301 g/mol. The summed E-state index contributed by atoms with van der Waals surface area (Å²) >= 11 is 0. The van der Waals surface area contributed by atoms with E-state index in [4.69, 9.17) is 9.56 Å². The summed E-state index contributed by atoms with van der Waals surface area (Å²) < 4.78 is 27.0. The van der Waals surface area contributed by atoms with Crippen molar-refractivity contribution in [1.82, 2.24) is 9.80 Å². The van der Waals surface area contributed by atoms with Crippen molar-refractivity contribution in [3.63, 3.8) is 0 Å². The zero-order chi connectivity index (χ0) is 14.8. The maximum Gasteiger partial charge on any atom is 0.257 e. The summed E-state index contributed by atoms with van der Waals surface area (Å²) in [5.74, 6) is 0.607. The van der Waals surface area contributed by atoms with Crippen molar-refractivity contribution >= 4 is 15.9 Å². The lowest BCUT2D eigenvalue weighted by Crippen LogP contribution is -2.49. The van der Waals surface area contributed by atoms with Crippen molar-refractivity contribution in [2.24, 2.45) is 5.14 Å². The highest BCUT2D eigenvalue weighted by atomic mass is 32.2. The molecule has 1 aliphatic heterocycles. The second-order valence-electron chi connectivity index (χ2n) is 4.95. The van der Waals surface area contributed by atoms with Gasteiger partial charge in [-0.2, -0.15) is 0 Å². The van der Waals surface area contributed by atoms with Crippen molar-refractivity contribution in [2.75, 3.05) is 38.5 Å². The van der Waals surface area contributed by atoms with Gasteiger partial charge in [0.25, 0.3) is 5.91 Å². The Kier molecular flexibility index (Phi) is 4.46. The molecule has 0 bridgehead atoms. The van der Waals surface area contributed by atoms with E-state index in [9.17, 15) is 13.2 Å². The number of nitrogens with zero attached hydrogens (tertiary/aromatic N) is 2. The molecule has 1 aromatic heterocycles. The minimum Gasteiger partial charge on any atom is -0.469 e. The van der Waals surface area contributed by atoms with Crippen LogP contribution in [0.15, 0.2) is 16.7 Å². The number of carbonyl (C=O) groups is 1. The topological polar surface area (TPSA) is 96.9 Å². The van der Waals surface area contributed by atoms with Crippen LogP contribution >= 0.6 is 0 Å². The first-order valence-electron chi connectivity index (χ1n) is 6.42. The van der Waals surface area contributed by atoms with Crippen molar-refractivity contribution in [3.05, 3.63) is 23.7 Å². The summed E-state index contributed by atoms with van der Waals surface area (Å²) in [6.45, 7) is 4.66. The average Bonchev–Trinajstić information content (AvgIpc) is 2.82. The molecule has 0 unspecified atom stereocenters. The van der Waals surface area contributed by atoms with E-state index in [2.05, 4.69) is 0 Å². The molecule has 0 radical (unpaired) electrons. The fraction of sp³-hybridized carbons (Fsp3) is 0.583. The second-order valence-corrected chi connectivity index (χ2v) is 6.68. The molecule has 2 rings (SSSR count). The highest BCUT2D eigenvalue weighted by Crippen LogP contribution is 2.11. The summed E-state index contributed by atoms with van der Waals surface area (Å²) in [6.07, 6.45) is 1.46. The van der Waals surface area contributed by atoms with E-state index in [0.717, 1.165) is 0 Å². The molecule has 1 amide bonds. The van der Waals surface area contributed by atoms with E-state index >= 15 is 0 Å². The fourth-order valence-corrected chi connectivity index (χ4v) is 2.68. The van der Waals surface area contributed by atoms with Gasteiger partial charge in [-0.15, -0.1) is 0 Å². The largest absolute Gasteiger partial charge is 0.469 e. The van der Waals surface area contributed by atoms with Crippen molar-refractivity contribution in [1.29, 1.82) is 0 Å². The second kappa shape index (κ2) is 5.94. The lowest BCUT2D eigenvalue weighted by atomic mass is 10.2. The van der Waals surface area contributed by atoms with Crippen LogP contribution < -0.4 is 5.14 Å². The van der Waals surface area contributed by atoms with Crippen LogP contribution in [0.25, 0.3) is 0 Å². The maximum absolute atomic E-state index is 12.2. The first kappa shape index (κ1) is 15.0. The molecule has 20 heavy (non-hydrogen) atoms. The minimum atomic E-state index is -3.43. The van der Waals surface area contributed by atoms with Gasteiger partial charge in [-0.1, -0.05) is 0 Å². The molecule has 7 nitrogen and oxygen atoms in total. The molecule has 1 fully saturated rings. The molecule has 0 aromatic carbocycles. The van der Waals surface area contributed by atoms with Crippen LogP contribution in [0.2, 0.25) is 0 Å². The SMILES string of the molecule is Cc1cc(C(=O)N2CCN(CCS(N)(=O)=O)CC2)co1. The number of aryl methyl sites for hydroxylation is 1. The molecule has 1 aromatic rings. The Labute approximate surface area is 118 Å². The van der Waals surface area contributed by atoms with Gasteiger partial charge in [-0.25, -0.2) is 13.6 Å². The Morgan fingerprint density at radius 2 is 2.00 bits per heavy atom. The Balaban J connectivity index is 1.83. The third-order valence-electron chi connectivity index (χ3n) is 3.33. The van der Waals surface area contributed by atoms with Gasteiger partial charge in [-0.05, 0) is 13.0 Å². The molecule has 0 spiro atoms. The van der Waals surface area contributed by atoms with Gasteiger partial charge in [0.2, 0.25) is 10.0 Å². The predicted molar refractivity (Wildman–Crippen MR) is 73.8 cm³/mol. The highest BCUT2D eigenvalue weighted by Gasteiger charge is 2.23. The number of primary sulfonamides is 1. The maximum atomic E-state index is 12.2. The van der Waals surface area contributed by atoms with Gasteiger partial charge in [0.15, 0.2) is 0 Å². The van der Waals surface area contributed by atoms with Crippen LogP contribution in [0.3, 0.4) is 0 Å². The van der Waals surface area contributed by atoms with Crippen LogP contribution in [0.1, 0.15) is 16.1 Å². The number of furan rings is 1. The van der Waals surface area contributed by atoms with Gasteiger partial charge in [0.1, 0.15) is 12.0 Å². The molecule has 1 saturated heterocycles. The number of hydrogen-bond donors (Lipinski definition) is 1. The van der Waals surface area contributed by atoms with Crippen LogP contribution in [-0.2, 0) is 10.0 Å². The molecule has 112 valence electrons. The van der Waals surface area contributed by atoms with E-state index < -0.39 is 10.0 Å². The summed E-state index contributed by atoms with van der Waals surface area (Å²) in [5.41, 5.74) is 0.556. The standard InChI is InChI=1S/C12H19N3O4S/c1-10-8-11(9-19-10)12(16)15-4-2-14(3-5-15)6-7-20(13,17)18/h8-9H,2-7H2,1H3,(H2,13,17,18). The molecule has 0 saturated carbocycles. The minimum absolute atomic E-state index is 0.0482. The lowest BCUT2D eigenvalue weighted by Gasteiger charge is -2.34. The van der Waals surface area contributed by atoms with Crippen molar-refractivity contribution < 1.29 is 17.6 Å². The number of hydrogen-bond acceptors (Lipinski definition) is 5. The van der Waals surface area contributed by atoms with Crippen LogP contribution in [0, 0.1) is 6.92 Å². The zero-order valence-electron chi connectivity index (χ0n) is 11.4. The quantitative estimate of drug-likeness (QED) is 0.818. The lowest BCUT2D eigenvalue weighted by molar-refractivity contribution is 0.0643. The molecule has 2 N–H and O–H groups in total. The molecule has 8 heteroatoms. The van der Waals surface area contributed by atoms with E-state index in [1.54, 1.807) is 17.9 Å². The molecular formula is C12H19N3O4S. The first-order valence-corrected chi connectivity index (χ1v) is 8.14. The Morgan fingerprint density at radius 1 is 1.35 bits per heavy atom. The third kappa shape index (κ3) is 4.06. The number of nitrogens with two attached hydrogens (primary N) is 1. The smallest absolute Gasteiger partial charge is 0.257 e. The van der Waals surface area contributed by atoms with Crippen molar-refractivity contribution in [3.8, 4) is 0 Å².